The van der Waals surface area contributed by atoms with Gasteiger partial charge in [-0.15, -0.1) is 10.2 Å². The van der Waals surface area contributed by atoms with Crippen LogP contribution in [0, 0.1) is 5.82 Å². The predicted molar refractivity (Wildman–Crippen MR) is 64.5 cm³/mol. The van der Waals surface area contributed by atoms with Crippen LogP contribution in [0.3, 0.4) is 0 Å². The molecule has 18 heavy (non-hydrogen) atoms. The summed E-state index contributed by atoms with van der Waals surface area (Å²) < 4.78 is 15.4. The average molecular weight is 240 g/mol. The molecule has 0 bridgehead atoms. The number of nitrogens with zero attached hydrogens (tertiary/aromatic N) is 4. The third-order valence-electron chi connectivity index (χ3n) is 2.60. The summed E-state index contributed by atoms with van der Waals surface area (Å²) in [5, 5.41) is 7.81. The second-order valence-corrected chi connectivity index (χ2v) is 3.72. The second-order valence-electron chi connectivity index (χ2n) is 3.72. The number of hydrogen-bond acceptors (Lipinski definition) is 3. The Hall–Kier alpha value is -2.56. The fourth-order valence-electron chi connectivity index (χ4n) is 1.75. The summed E-state index contributed by atoms with van der Waals surface area (Å²) in [6.45, 7) is 0. The molecule has 1 aromatic carbocycles. The lowest BCUT2D eigenvalue weighted by molar-refractivity contribution is 0.623. The SMILES string of the molecule is Fc1cnccc1-c1nncn1-c1ccccc1. The Balaban J connectivity index is 2.16. The molecule has 0 N–H and O–H groups in total. The zero-order valence-electron chi connectivity index (χ0n) is 9.36. The van der Waals surface area contributed by atoms with Gasteiger partial charge in [0.15, 0.2) is 11.6 Å². The minimum atomic E-state index is -0.414. The van der Waals surface area contributed by atoms with Crippen LogP contribution in [0.1, 0.15) is 0 Å². The van der Waals surface area contributed by atoms with Gasteiger partial charge in [-0.3, -0.25) is 9.55 Å². The minimum absolute atomic E-state index is 0.381. The van der Waals surface area contributed by atoms with Gasteiger partial charge in [-0.05, 0) is 18.2 Å². The zero-order valence-corrected chi connectivity index (χ0v) is 9.36. The molecule has 0 saturated carbocycles. The summed E-state index contributed by atoms with van der Waals surface area (Å²) >= 11 is 0. The van der Waals surface area contributed by atoms with Crippen LogP contribution in [-0.4, -0.2) is 19.7 Å². The fraction of sp³-hybridized carbons (Fsp3) is 0. The maximum absolute atomic E-state index is 13.7. The van der Waals surface area contributed by atoms with Crippen molar-refractivity contribution in [2.24, 2.45) is 0 Å². The summed E-state index contributed by atoms with van der Waals surface area (Å²) in [6.07, 6.45) is 4.26. The molecule has 0 aliphatic carbocycles. The van der Waals surface area contributed by atoms with Crippen molar-refractivity contribution >= 4 is 0 Å². The number of rotatable bonds is 2. The highest BCUT2D eigenvalue weighted by Gasteiger charge is 2.12. The number of aromatic nitrogens is 4. The first-order valence-electron chi connectivity index (χ1n) is 5.41. The van der Waals surface area contributed by atoms with Gasteiger partial charge in [0.05, 0.1) is 11.8 Å². The quantitative estimate of drug-likeness (QED) is 0.691. The van der Waals surface area contributed by atoms with Crippen LogP contribution in [0.5, 0.6) is 0 Å². The smallest absolute Gasteiger partial charge is 0.171 e. The molecular formula is C13H9FN4. The van der Waals surface area contributed by atoms with Crippen molar-refractivity contribution in [3.8, 4) is 17.1 Å². The molecule has 4 nitrogen and oxygen atoms in total. The van der Waals surface area contributed by atoms with E-state index in [0.717, 1.165) is 5.69 Å². The van der Waals surface area contributed by atoms with Crippen LogP contribution in [0.15, 0.2) is 55.1 Å². The van der Waals surface area contributed by atoms with Gasteiger partial charge in [-0.25, -0.2) is 4.39 Å². The van der Waals surface area contributed by atoms with Gasteiger partial charge in [-0.1, -0.05) is 18.2 Å². The first-order valence-corrected chi connectivity index (χ1v) is 5.41. The number of pyridine rings is 1. The minimum Gasteiger partial charge on any atom is -0.282 e. The number of halogens is 1. The zero-order chi connectivity index (χ0) is 12.4. The summed E-state index contributed by atoms with van der Waals surface area (Å²) in [5.74, 6) is 0.0452. The van der Waals surface area contributed by atoms with Gasteiger partial charge in [0.2, 0.25) is 0 Å². The van der Waals surface area contributed by atoms with Gasteiger partial charge in [0.1, 0.15) is 6.33 Å². The summed E-state index contributed by atoms with van der Waals surface area (Å²) in [4.78, 5) is 3.72. The van der Waals surface area contributed by atoms with Crippen molar-refractivity contribution in [1.29, 1.82) is 0 Å². The molecule has 3 rings (SSSR count). The van der Waals surface area contributed by atoms with Crippen molar-refractivity contribution < 1.29 is 4.39 Å². The first kappa shape index (κ1) is 10.6. The highest BCUT2D eigenvalue weighted by molar-refractivity contribution is 5.57. The molecule has 0 saturated heterocycles. The monoisotopic (exact) mass is 240 g/mol. The Labute approximate surface area is 103 Å². The van der Waals surface area contributed by atoms with Crippen LogP contribution in [-0.2, 0) is 0 Å². The summed E-state index contributed by atoms with van der Waals surface area (Å²) in [7, 11) is 0. The molecule has 0 spiro atoms. The third-order valence-corrected chi connectivity index (χ3v) is 2.60. The van der Waals surface area contributed by atoms with Crippen molar-refractivity contribution in [3.63, 3.8) is 0 Å². The number of benzene rings is 1. The topological polar surface area (TPSA) is 43.6 Å². The van der Waals surface area contributed by atoms with E-state index < -0.39 is 5.82 Å². The molecule has 5 heteroatoms. The summed E-state index contributed by atoms with van der Waals surface area (Å²) in [5.41, 5.74) is 1.26. The van der Waals surface area contributed by atoms with Crippen molar-refractivity contribution in [2.75, 3.05) is 0 Å². The normalized spacial score (nSPS) is 10.5. The molecule has 0 aliphatic rings. The van der Waals surface area contributed by atoms with Crippen molar-refractivity contribution in [1.82, 2.24) is 19.7 Å². The predicted octanol–water partition coefficient (Wildman–Crippen LogP) is 2.47. The van der Waals surface area contributed by atoms with E-state index in [9.17, 15) is 4.39 Å². The van der Waals surface area contributed by atoms with E-state index in [-0.39, 0.29) is 0 Å². The molecule has 2 heterocycles. The molecule has 0 amide bonds. The largest absolute Gasteiger partial charge is 0.282 e. The van der Waals surface area contributed by atoms with Crippen molar-refractivity contribution in [3.05, 3.63) is 60.9 Å². The van der Waals surface area contributed by atoms with Crippen LogP contribution in [0.4, 0.5) is 4.39 Å². The van der Waals surface area contributed by atoms with Gasteiger partial charge >= 0.3 is 0 Å². The van der Waals surface area contributed by atoms with Gasteiger partial charge in [0, 0.05) is 11.9 Å². The van der Waals surface area contributed by atoms with Crippen LogP contribution in [0.2, 0.25) is 0 Å². The van der Waals surface area contributed by atoms with Gasteiger partial charge in [0.25, 0.3) is 0 Å². The third kappa shape index (κ3) is 1.75. The van der Waals surface area contributed by atoms with Crippen LogP contribution in [0.25, 0.3) is 17.1 Å². The van der Waals surface area contributed by atoms with E-state index in [4.69, 9.17) is 0 Å². The van der Waals surface area contributed by atoms with E-state index >= 15 is 0 Å². The second kappa shape index (κ2) is 4.37. The van der Waals surface area contributed by atoms with Crippen molar-refractivity contribution in [2.45, 2.75) is 0 Å². The number of para-hydroxylation sites is 1. The van der Waals surface area contributed by atoms with E-state index in [0.29, 0.717) is 11.4 Å². The Morgan fingerprint density at radius 3 is 2.67 bits per heavy atom. The van der Waals surface area contributed by atoms with E-state index in [1.165, 1.54) is 12.4 Å². The lowest BCUT2D eigenvalue weighted by Gasteiger charge is -2.06. The highest BCUT2D eigenvalue weighted by atomic mass is 19.1. The molecule has 0 radical (unpaired) electrons. The maximum Gasteiger partial charge on any atom is 0.171 e. The van der Waals surface area contributed by atoms with E-state index in [2.05, 4.69) is 15.2 Å². The maximum atomic E-state index is 13.7. The highest BCUT2D eigenvalue weighted by Crippen LogP contribution is 2.22. The van der Waals surface area contributed by atoms with E-state index in [1.54, 1.807) is 17.0 Å². The molecule has 0 aliphatic heterocycles. The number of hydrogen-bond donors (Lipinski definition) is 0. The Morgan fingerprint density at radius 1 is 1.06 bits per heavy atom. The average Bonchev–Trinajstić information content (AvgIpc) is 2.89. The standard InChI is InChI=1S/C13H9FN4/c14-12-8-15-7-6-11(12)13-17-16-9-18(13)10-4-2-1-3-5-10/h1-9H. The van der Waals surface area contributed by atoms with Crippen LogP contribution >= 0.6 is 0 Å². The molecule has 88 valence electrons. The molecular weight excluding hydrogens is 231 g/mol. The Kier molecular flexibility index (Phi) is 2.57. The molecule has 0 fully saturated rings. The summed E-state index contributed by atoms with van der Waals surface area (Å²) in [6, 6.07) is 11.1. The Bertz CT molecular complexity index is 664. The molecule has 0 unspecified atom stereocenters. The molecule has 2 aromatic heterocycles. The first-order chi connectivity index (χ1) is 8.86. The van der Waals surface area contributed by atoms with E-state index in [1.807, 2.05) is 30.3 Å². The fourth-order valence-corrected chi connectivity index (χ4v) is 1.75. The van der Waals surface area contributed by atoms with Gasteiger partial charge < -0.3 is 0 Å². The van der Waals surface area contributed by atoms with Gasteiger partial charge in [-0.2, -0.15) is 0 Å². The lowest BCUT2D eigenvalue weighted by Crippen LogP contribution is -1.97. The molecule has 3 aromatic rings. The van der Waals surface area contributed by atoms with Crippen LogP contribution < -0.4 is 0 Å². The lowest BCUT2D eigenvalue weighted by atomic mass is 10.2. The Morgan fingerprint density at radius 2 is 1.89 bits per heavy atom. The molecule has 0 atom stereocenters.